The van der Waals surface area contributed by atoms with Crippen molar-refractivity contribution < 1.29 is 0 Å². The summed E-state index contributed by atoms with van der Waals surface area (Å²) in [4.78, 5) is 0. The molecule has 0 spiro atoms. The molecule has 4 rings (SSSR count). The van der Waals surface area contributed by atoms with Gasteiger partial charge in [-0.25, -0.2) is 0 Å². The average Bonchev–Trinajstić information content (AvgIpc) is 2.79. The molecule has 3 saturated carbocycles. The summed E-state index contributed by atoms with van der Waals surface area (Å²) in [7, 11) is 0. The smallest absolute Gasteiger partial charge is 0.0654 e. The van der Waals surface area contributed by atoms with Crippen LogP contribution in [0.3, 0.4) is 0 Å². The van der Waals surface area contributed by atoms with E-state index in [9.17, 15) is 0 Å². The van der Waals surface area contributed by atoms with Crippen molar-refractivity contribution in [3.8, 4) is 0 Å². The Kier molecular flexibility index (Phi) is 7.07. The molecule has 1 unspecified atom stereocenters. The average molecular weight is 414 g/mol. The van der Waals surface area contributed by atoms with Gasteiger partial charge in [-0.15, -0.1) is 0 Å². The summed E-state index contributed by atoms with van der Waals surface area (Å²) >= 11 is 6.91. The van der Waals surface area contributed by atoms with Crippen molar-refractivity contribution in [1.82, 2.24) is 0 Å². The van der Waals surface area contributed by atoms with E-state index in [1.54, 1.807) is 0 Å². The second-order valence-electron chi connectivity index (χ2n) is 10.1. The number of benzene rings is 1. The summed E-state index contributed by atoms with van der Waals surface area (Å²) in [5, 5.41) is 0.941. The monoisotopic (exact) mass is 413 g/mol. The lowest BCUT2D eigenvalue weighted by Crippen LogP contribution is -2.48. The summed E-state index contributed by atoms with van der Waals surface area (Å²) in [6.45, 7) is 4.68. The molecular weight excluding hydrogens is 374 g/mol. The van der Waals surface area contributed by atoms with Gasteiger partial charge < -0.3 is 5.73 Å². The van der Waals surface area contributed by atoms with E-state index < -0.39 is 5.54 Å². The molecule has 0 bridgehead atoms. The molecule has 3 aliphatic carbocycles. The van der Waals surface area contributed by atoms with E-state index in [4.69, 9.17) is 17.3 Å². The van der Waals surface area contributed by atoms with E-state index >= 15 is 0 Å². The molecule has 2 heteroatoms. The van der Waals surface area contributed by atoms with Gasteiger partial charge in [0.05, 0.1) is 5.54 Å². The first-order valence-corrected chi connectivity index (χ1v) is 12.8. The van der Waals surface area contributed by atoms with Gasteiger partial charge in [-0.2, -0.15) is 0 Å². The van der Waals surface area contributed by atoms with Gasteiger partial charge in [-0.3, -0.25) is 0 Å². The Morgan fingerprint density at radius 2 is 1.38 bits per heavy atom. The molecule has 1 aromatic carbocycles. The molecule has 1 aromatic rings. The first kappa shape index (κ1) is 21.4. The highest BCUT2D eigenvalue weighted by Gasteiger charge is 2.42. The minimum atomic E-state index is -0.419. The second kappa shape index (κ2) is 9.56. The Morgan fingerprint density at radius 1 is 0.828 bits per heavy atom. The largest absolute Gasteiger partial charge is 0.318 e. The predicted molar refractivity (Wildman–Crippen MR) is 125 cm³/mol. The van der Waals surface area contributed by atoms with E-state index in [1.165, 1.54) is 113 Å². The van der Waals surface area contributed by atoms with Crippen LogP contribution in [0.1, 0.15) is 113 Å². The van der Waals surface area contributed by atoms with Gasteiger partial charge in [-0.05, 0) is 79.0 Å². The van der Waals surface area contributed by atoms with Crippen LogP contribution in [0, 0.1) is 11.8 Å². The maximum Gasteiger partial charge on any atom is 0.0654 e. The van der Waals surface area contributed by atoms with Crippen LogP contribution in [-0.4, -0.2) is 0 Å². The molecular formula is C27H40ClN. The normalized spacial score (nSPS) is 24.9. The molecule has 0 amide bonds. The first-order valence-electron chi connectivity index (χ1n) is 12.4. The number of rotatable bonds is 5. The highest BCUT2D eigenvalue weighted by molar-refractivity contribution is 6.31. The number of halogens is 1. The standard InChI is InChI=1S/C27H40ClN/c1-20(21-11-5-2-6-12-21)27(29,23-15-9-4-10-16-23)24-17-18-25(26(28)19-24)22-13-7-3-8-14-22/h17-19,21-23H,1-16,29H2. The van der Waals surface area contributed by atoms with Gasteiger partial charge in [0, 0.05) is 5.02 Å². The van der Waals surface area contributed by atoms with Crippen LogP contribution in [0.4, 0.5) is 0 Å². The van der Waals surface area contributed by atoms with Crippen molar-refractivity contribution in [1.29, 1.82) is 0 Å². The maximum absolute atomic E-state index is 7.41. The predicted octanol–water partition coefficient (Wildman–Crippen LogP) is 8.26. The van der Waals surface area contributed by atoms with E-state index in [0.29, 0.717) is 17.8 Å². The molecule has 2 N–H and O–H groups in total. The Morgan fingerprint density at radius 3 is 1.97 bits per heavy atom. The van der Waals surface area contributed by atoms with Crippen LogP contribution in [0.25, 0.3) is 0 Å². The molecule has 0 heterocycles. The van der Waals surface area contributed by atoms with Gasteiger partial charge in [0.2, 0.25) is 0 Å². The third-order valence-electron chi connectivity index (χ3n) is 8.40. The van der Waals surface area contributed by atoms with Crippen molar-refractivity contribution in [3.05, 3.63) is 46.5 Å². The van der Waals surface area contributed by atoms with Crippen LogP contribution in [0.5, 0.6) is 0 Å². The number of nitrogens with two attached hydrogens (primary N) is 1. The van der Waals surface area contributed by atoms with Crippen LogP contribution >= 0.6 is 11.6 Å². The molecule has 0 aliphatic heterocycles. The molecule has 3 aliphatic rings. The third-order valence-corrected chi connectivity index (χ3v) is 8.73. The lowest BCUT2D eigenvalue weighted by Gasteiger charge is -2.45. The fraction of sp³-hybridized carbons (Fsp3) is 0.704. The summed E-state index contributed by atoms with van der Waals surface area (Å²) < 4.78 is 0. The van der Waals surface area contributed by atoms with Crippen molar-refractivity contribution >= 4 is 11.6 Å². The summed E-state index contributed by atoms with van der Waals surface area (Å²) in [6, 6.07) is 6.86. The molecule has 1 atom stereocenters. The number of hydrogen-bond donors (Lipinski definition) is 1. The number of hydrogen-bond acceptors (Lipinski definition) is 1. The molecule has 0 saturated heterocycles. The molecule has 0 radical (unpaired) electrons. The maximum atomic E-state index is 7.41. The Balaban J connectivity index is 1.66. The van der Waals surface area contributed by atoms with E-state index in [1.807, 2.05) is 0 Å². The van der Waals surface area contributed by atoms with Crippen LogP contribution in [0.2, 0.25) is 5.02 Å². The minimum absolute atomic E-state index is 0.419. The fourth-order valence-electron chi connectivity index (χ4n) is 6.56. The first-order chi connectivity index (χ1) is 14.1. The van der Waals surface area contributed by atoms with Gasteiger partial charge in [0.15, 0.2) is 0 Å². The van der Waals surface area contributed by atoms with Crippen molar-refractivity contribution in [2.75, 3.05) is 0 Å². The molecule has 29 heavy (non-hydrogen) atoms. The molecule has 0 aromatic heterocycles. The van der Waals surface area contributed by atoms with Crippen LogP contribution in [0.15, 0.2) is 30.4 Å². The van der Waals surface area contributed by atoms with Gasteiger partial charge >= 0.3 is 0 Å². The molecule has 3 fully saturated rings. The molecule has 1 nitrogen and oxygen atoms in total. The Labute approximate surface area is 183 Å². The zero-order valence-corrected chi connectivity index (χ0v) is 19.0. The Bertz CT molecular complexity index is 692. The summed E-state index contributed by atoms with van der Waals surface area (Å²) in [5.41, 5.74) is 10.9. The van der Waals surface area contributed by atoms with Crippen molar-refractivity contribution in [3.63, 3.8) is 0 Å². The topological polar surface area (TPSA) is 26.0 Å². The summed E-state index contributed by atoms with van der Waals surface area (Å²) in [5.74, 6) is 1.71. The zero-order valence-electron chi connectivity index (χ0n) is 18.2. The summed E-state index contributed by atoms with van der Waals surface area (Å²) in [6.07, 6.45) is 19.6. The van der Waals surface area contributed by atoms with Gasteiger partial charge in [0.25, 0.3) is 0 Å². The van der Waals surface area contributed by atoms with Crippen LogP contribution in [-0.2, 0) is 5.54 Å². The SMILES string of the molecule is C=C(C1CCCCC1)C(N)(c1ccc(C2CCCCC2)c(Cl)c1)C1CCCCC1. The van der Waals surface area contributed by atoms with Crippen molar-refractivity contribution in [2.45, 2.75) is 108 Å². The van der Waals surface area contributed by atoms with E-state index in [-0.39, 0.29) is 0 Å². The fourth-order valence-corrected chi connectivity index (χ4v) is 6.89. The highest BCUT2D eigenvalue weighted by atomic mass is 35.5. The zero-order chi connectivity index (χ0) is 20.3. The van der Waals surface area contributed by atoms with Gasteiger partial charge in [0.1, 0.15) is 0 Å². The van der Waals surface area contributed by atoms with E-state index in [2.05, 4.69) is 24.8 Å². The second-order valence-corrected chi connectivity index (χ2v) is 10.5. The quantitative estimate of drug-likeness (QED) is 0.483. The van der Waals surface area contributed by atoms with E-state index in [0.717, 1.165) is 5.02 Å². The lowest BCUT2D eigenvalue weighted by atomic mass is 9.63. The highest BCUT2D eigenvalue weighted by Crippen LogP contribution is 2.48. The van der Waals surface area contributed by atoms with Gasteiger partial charge in [-0.1, -0.05) is 88.1 Å². The third kappa shape index (κ3) is 4.47. The molecule has 160 valence electrons. The lowest BCUT2D eigenvalue weighted by molar-refractivity contribution is 0.215. The van der Waals surface area contributed by atoms with Crippen LogP contribution < -0.4 is 5.73 Å². The minimum Gasteiger partial charge on any atom is -0.318 e. The Hall–Kier alpha value is -0.790. The van der Waals surface area contributed by atoms with Crippen molar-refractivity contribution in [2.24, 2.45) is 17.6 Å².